The van der Waals surface area contributed by atoms with Gasteiger partial charge < -0.3 is 4.79 Å². The molecule has 5 heteroatoms. The van der Waals surface area contributed by atoms with Gasteiger partial charge in [-0.05, 0) is 24.5 Å². The maximum absolute atomic E-state index is 12.0. The number of hydrogen-bond donors (Lipinski definition) is 1. The van der Waals surface area contributed by atoms with E-state index in [0.717, 1.165) is 6.29 Å². The molecular weight excluding hydrogens is 250 g/mol. The Morgan fingerprint density at radius 3 is 2.61 bits per heavy atom. The molecule has 4 nitrogen and oxygen atoms in total. The highest BCUT2D eigenvalue weighted by atomic mass is 32.2. The van der Waals surface area contributed by atoms with E-state index in [4.69, 9.17) is 0 Å². The third-order valence-corrected chi connectivity index (χ3v) is 4.44. The maximum Gasteiger partial charge on any atom is 0.241 e. The molecule has 0 aliphatic heterocycles. The van der Waals surface area contributed by atoms with Crippen LogP contribution >= 0.6 is 0 Å². The van der Waals surface area contributed by atoms with E-state index in [2.05, 4.69) is 4.72 Å². The molecule has 2 atom stereocenters. The van der Waals surface area contributed by atoms with E-state index in [1.165, 1.54) is 0 Å². The summed E-state index contributed by atoms with van der Waals surface area (Å²) in [5.41, 5.74) is 0. The topological polar surface area (TPSA) is 63.2 Å². The van der Waals surface area contributed by atoms with Gasteiger partial charge >= 0.3 is 0 Å². The second-order valence-electron chi connectivity index (χ2n) is 4.32. The molecule has 2 unspecified atom stereocenters. The van der Waals surface area contributed by atoms with Crippen LogP contribution in [0.2, 0.25) is 0 Å². The molecule has 1 aromatic rings. The van der Waals surface area contributed by atoms with Gasteiger partial charge in [0.05, 0.1) is 4.90 Å². The standard InChI is InChI=1S/C13H15NO3S/c15-9-8-11-6-7-12(10-11)14-18(16,17)13-4-2-1-3-5-13/h1-7,9,11-12,14H,8,10H2. The molecule has 0 saturated carbocycles. The Labute approximate surface area is 107 Å². The van der Waals surface area contributed by atoms with Crippen LogP contribution in [0, 0.1) is 5.92 Å². The van der Waals surface area contributed by atoms with Crippen molar-refractivity contribution >= 4 is 16.3 Å². The lowest BCUT2D eigenvalue weighted by molar-refractivity contribution is -0.108. The molecule has 18 heavy (non-hydrogen) atoms. The zero-order valence-corrected chi connectivity index (χ0v) is 10.6. The van der Waals surface area contributed by atoms with Gasteiger partial charge in [0.25, 0.3) is 0 Å². The van der Waals surface area contributed by atoms with E-state index in [0.29, 0.717) is 12.8 Å². The van der Waals surface area contributed by atoms with Crippen molar-refractivity contribution in [3.63, 3.8) is 0 Å². The third-order valence-electron chi connectivity index (χ3n) is 2.93. The predicted octanol–water partition coefficient (Wildman–Crippen LogP) is 1.50. The van der Waals surface area contributed by atoms with Crippen LogP contribution in [0.5, 0.6) is 0 Å². The number of nitrogens with one attached hydrogen (secondary N) is 1. The predicted molar refractivity (Wildman–Crippen MR) is 68.5 cm³/mol. The minimum atomic E-state index is -3.47. The number of sulfonamides is 1. The molecule has 0 radical (unpaired) electrons. The van der Waals surface area contributed by atoms with Gasteiger partial charge in [-0.15, -0.1) is 0 Å². The minimum Gasteiger partial charge on any atom is -0.303 e. The van der Waals surface area contributed by atoms with Gasteiger partial charge in [0.15, 0.2) is 0 Å². The second-order valence-corrected chi connectivity index (χ2v) is 6.04. The van der Waals surface area contributed by atoms with Crippen LogP contribution in [-0.2, 0) is 14.8 Å². The molecule has 0 aromatic heterocycles. The SMILES string of the molecule is O=CCC1C=CC(NS(=O)(=O)c2ccccc2)C1. The highest BCUT2D eigenvalue weighted by Gasteiger charge is 2.23. The van der Waals surface area contributed by atoms with Gasteiger partial charge in [0, 0.05) is 12.5 Å². The van der Waals surface area contributed by atoms with E-state index in [9.17, 15) is 13.2 Å². The van der Waals surface area contributed by atoms with Crippen molar-refractivity contribution in [2.24, 2.45) is 5.92 Å². The number of rotatable bonds is 5. The summed E-state index contributed by atoms with van der Waals surface area (Å²) in [4.78, 5) is 10.7. The molecule has 0 bridgehead atoms. The first-order valence-electron chi connectivity index (χ1n) is 5.81. The summed E-state index contributed by atoms with van der Waals surface area (Å²) < 4.78 is 26.7. The summed E-state index contributed by atoms with van der Waals surface area (Å²) in [6.45, 7) is 0. The van der Waals surface area contributed by atoms with Crippen molar-refractivity contribution in [1.82, 2.24) is 4.72 Å². The number of carbonyl (C=O) groups excluding carboxylic acids is 1. The molecule has 1 aromatic carbocycles. The van der Waals surface area contributed by atoms with Crippen molar-refractivity contribution in [3.8, 4) is 0 Å². The van der Waals surface area contributed by atoms with Crippen molar-refractivity contribution in [3.05, 3.63) is 42.5 Å². The number of allylic oxidation sites excluding steroid dienone is 1. The molecule has 0 saturated heterocycles. The summed E-state index contributed by atoms with van der Waals surface area (Å²) in [5, 5.41) is 0. The van der Waals surface area contributed by atoms with Crippen molar-refractivity contribution < 1.29 is 13.2 Å². The molecule has 1 aliphatic carbocycles. The highest BCUT2D eigenvalue weighted by molar-refractivity contribution is 7.89. The Hall–Kier alpha value is -1.46. The number of aldehydes is 1. The lowest BCUT2D eigenvalue weighted by Crippen LogP contribution is -2.32. The van der Waals surface area contributed by atoms with E-state index < -0.39 is 10.0 Å². The van der Waals surface area contributed by atoms with Gasteiger partial charge in [-0.25, -0.2) is 13.1 Å². The molecule has 2 rings (SSSR count). The molecular formula is C13H15NO3S. The third kappa shape index (κ3) is 3.05. The lowest BCUT2D eigenvalue weighted by Gasteiger charge is -2.13. The highest BCUT2D eigenvalue weighted by Crippen LogP contribution is 2.21. The fourth-order valence-corrected chi connectivity index (χ4v) is 3.25. The average molecular weight is 265 g/mol. The summed E-state index contributed by atoms with van der Waals surface area (Å²) in [6.07, 6.45) is 5.66. The van der Waals surface area contributed by atoms with Crippen LogP contribution in [0.15, 0.2) is 47.4 Å². The minimum absolute atomic E-state index is 0.144. The first-order valence-corrected chi connectivity index (χ1v) is 7.29. The van der Waals surface area contributed by atoms with Gasteiger partial charge in [0.1, 0.15) is 6.29 Å². The molecule has 1 aliphatic rings. The average Bonchev–Trinajstić information content (AvgIpc) is 2.77. The van der Waals surface area contributed by atoms with E-state index in [1.807, 2.05) is 12.2 Å². The Morgan fingerprint density at radius 1 is 1.22 bits per heavy atom. The molecule has 0 heterocycles. The van der Waals surface area contributed by atoms with Gasteiger partial charge in [-0.2, -0.15) is 0 Å². The Kier molecular flexibility index (Phi) is 3.93. The van der Waals surface area contributed by atoms with Crippen LogP contribution in [-0.4, -0.2) is 20.7 Å². The molecule has 96 valence electrons. The van der Waals surface area contributed by atoms with Crippen LogP contribution in [0.4, 0.5) is 0 Å². The summed E-state index contributed by atoms with van der Waals surface area (Å²) in [5.74, 6) is 0.144. The van der Waals surface area contributed by atoms with Crippen molar-refractivity contribution in [1.29, 1.82) is 0 Å². The number of carbonyl (C=O) groups is 1. The normalized spacial score (nSPS) is 23.1. The number of benzene rings is 1. The van der Waals surface area contributed by atoms with Crippen molar-refractivity contribution in [2.75, 3.05) is 0 Å². The summed E-state index contributed by atoms with van der Waals surface area (Å²) in [6, 6.07) is 8.05. The summed E-state index contributed by atoms with van der Waals surface area (Å²) in [7, 11) is -3.47. The van der Waals surface area contributed by atoms with E-state index in [-0.39, 0.29) is 16.9 Å². The molecule has 1 N–H and O–H groups in total. The monoisotopic (exact) mass is 265 g/mol. The number of hydrogen-bond acceptors (Lipinski definition) is 3. The van der Waals surface area contributed by atoms with Crippen LogP contribution in [0.1, 0.15) is 12.8 Å². The quantitative estimate of drug-likeness (QED) is 0.648. The maximum atomic E-state index is 12.0. The molecule has 0 amide bonds. The molecule has 0 spiro atoms. The Balaban J connectivity index is 2.03. The fraction of sp³-hybridized carbons (Fsp3) is 0.308. The smallest absolute Gasteiger partial charge is 0.241 e. The van der Waals surface area contributed by atoms with Crippen LogP contribution in [0.3, 0.4) is 0 Å². The molecule has 0 fully saturated rings. The van der Waals surface area contributed by atoms with Crippen LogP contribution < -0.4 is 4.72 Å². The zero-order chi connectivity index (χ0) is 13.0. The first-order chi connectivity index (χ1) is 8.62. The van der Waals surface area contributed by atoms with Gasteiger partial charge in [-0.1, -0.05) is 30.4 Å². The summed E-state index contributed by atoms with van der Waals surface area (Å²) >= 11 is 0. The van der Waals surface area contributed by atoms with E-state index in [1.54, 1.807) is 30.3 Å². The Bertz CT molecular complexity index is 537. The van der Waals surface area contributed by atoms with Crippen molar-refractivity contribution in [2.45, 2.75) is 23.8 Å². The Morgan fingerprint density at radius 2 is 1.94 bits per heavy atom. The largest absolute Gasteiger partial charge is 0.303 e. The first kappa shape index (κ1) is 13.0. The lowest BCUT2D eigenvalue weighted by atomic mass is 10.1. The van der Waals surface area contributed by atoms with Gasteiger partial charge in [0.2, 0.25) is 10.0 Å². The zero-order valence-electron chi connectivity index (χ0n) is 9.82. The van der Waals surface area contributed by atoms with Crippen LogP contribution in [0.25, 0.3) is 0 Å². The fourth-order valence-electron chi connectivity index (χ4n) is 2.03. The van der Waals surface area contributed by atoms with E-state index >= 15 is 0 Å². The second kappa shape index (κ2) is 5.46. The van der Waals surface area contributed by atoms with Gasteiger partial charge in [-0.3, -0.25) is 0 Å².